The van der Waals surface area contributed by atoms with Crippen LogP contribution < -0.4 is 5.32 Å². The average molecular weight is 283 g/mol. The topological polar surface area (TPSA) is 45.1 Å². The van der Waals surface area contributed by atoms with Gasteiger partial charge in [0.25, 0.3) is 0 Å². The lowest BCUT2D eigenvalue weighted by Gasteiger charge is -2.11. The highest BCUT2D eigenvalue weighted by Crippen LogP contribution is 2.28. The van der Waals surface area contributed by atoms with Crippen LogP contribution in [0.5, 0.6) is 5.75 Å². The van der Waals surface area contributed by atoms with E-state index in [1.165, 1.54) is 16.9 Å². The number of rotatable bonds is 4. The van der Waals surface area contributed by atoms with E-state index in [4.69, 9.17) is 11.6 Å². The Hall–Kier alpha value is -1.26. The third-order valence-electron chi connectivity index (χ3n) is 2.67. The molecule has 18 heavy (non-hydrogen) atoms. The van der Waals surface area contributed by atoms with Gasteiger partial charge in [-0.3, -0.25) is 0 Å². The van der Waals surface area contributed by atoms with Crippen molar-refractivity contribution in [2.75, 3.05) is 5.32 Å². The molecule has 0 fully saturated rings. The summed E-state index contributed by atoms with van der Waals surface area (Å²) in [7, 11) is 0. The molecule has 0 bridgehead atoms. The van der Waals surface area contributed by atoms with Gasteiger partial charge in [0.2, 0.25) is 0 Å². The maximum absolute atomic E-state index is 9.80. The van der Waals surface area contributed by atoms with E-state index < -0.39 is 0 Å². The quantitative estimate of drug-likeness (QED) is 0.825. The van der Waals surface area contributed by atoms with Crippen LogP contribution in [0.4, 0.5) is 5.69 Å². The molecule has 0 atom stereocenters. The predicted molar refractivity (Wildman–Crippen MR) is 76.6 cm³/mol. The molecule has 96 valence electrons. The van der Waals surface area contributed by atoms with Gasteiger partial charge < -0.3 is 10.4 Å². The second kappa shape index (κ2) is 5.59. The van der Waals surface area contributed by atoms with Crippen molar-refractivity contribution in [3.63, 3.8) is 0 Å². The Labute approximate surface area is 115 Å². The van der Waals surface area contributed by atoms with E-state index in [1.54, 1.807) is 12.3 Å². The van der Waals surface area contributed by atoms with Crippen molar-refractivity contribution in [2.24, 2.45) is 0 Å². The SMILES string of the molecule is CC(C)c1ccc(O)c(NCc2cnc(Cl)s2)c1. The summed E-state index contributed by atoms with van der Waals surface area (Å²) in [5.41, 5.74) is 1.93. The fourth-order valence-corrected chi connectivity index (χ4v) is 2.52. The number of hydrogen-bond acceptors (Lipinski definition) is 4. The van der Waals surface area contributed by atoms with E-state index in [0.29, 0.717) is 16.9 Å². The molecule has 1 aromatic carbocycles. The van der Waals surface area contributed by atoms with E-state index in [1.807, 2.05) is 12.1 Å². The van der Waals surface area contributed by atoms with Crippen LogP contribution in [0.3, 0.4) is 0 Å². The van der Waals surface area contributed by atoms with E-state index >= 15 is 0 Å². The van der Waals surface area contributed by atoms with Gasteiger partial charge in [0, 0.05) is 11.1 Å². The van der Waals surface area contributed by atoms with Gasteiger partial charge in [-0.2, -0.15) is 0 Å². The number of nitrogens with one attached hydrogen (secondary N) is 1. The van der Waals surface area contributed by atoms with Crippen molar-refractivity contribution in [3.8, 4) is 5.75 Å². The van der Waals surface area contributed by atoms with Crippen LogP contribution in [0.2, 0.25) is 4.47 Å². The van der Waals surface area contributed by atoms with Gasteiger partial charge in [-0.1, -0.05) is 31.5 Å². The first-order valence-electron chi connectivity index (χ1n) is 5.73. The first kappa shape index (κ1) is 13.2. The summed E-state index contributed by atoms with van der Waals surface area (Å²) < 4.78 is 0.534. The van der Waals surface area contributed by atoms with Crippen molar-refractivity contribution in [1.29, 1.82) is 0 Å². The van der Waals surface area contributed by atoms with Crippen LogP contribution >= 0.6 is 22.9 Å². The minimum atomic E-state index is 0.259. The summed E-state index contributed by atoms with van der Waals surface area (Å²) in [5.74, 6) is 0.694. The lowest BCUT2D eigenvalue weighted by atomic mass is 10.0. The number of anilines is 1. The Bertz CT molecular complexity index is 540. The van der Waals surface area contributed by atoms with Gasteiger partial charge in [-0.25, -0.2) is 4.98 Å². The van der Waals surface area contributed by atoms with E-state index in [2.05, 4.69) is 24.1 Å². The lowest BCUT2D eigenvalue weighted by Crippen LogP contribution is -1.99. The zero-order chi connectivity index (χ0) is 13.1. The minimum Gasteiger partial charge on any atom is -0.506 e. The Balaban J connectivity index is 2.10. The smallest absolute Gasteiger partial charge is 0.183 e. The predicted octanol–water partition coefficient (Wildman–Crippen LogP) is 4.24. The Morgan fingerprint density at radius 1 is 1.44 bits per heavy atom. The van der Waals surface area contributed by atoms with Crippen LogP contribution in [0.15, 0.2) is 24.4 Å². The number of phenolic OH excluding ortho intramolecular Hbond substituents is 1. The Morgan fingerprint density at radius 2 is 2.22 bits per heavy atom. The highest BCUT2D eigenvalue weighted by atomic mass is 35.5. The summed E-state index contributed by atoms with van der Waals surface area (Å²) in [4.78, 5) is 5.02. The summed E-state index contributed by atoms with van der Waals surface area (Å²) in [6.07, 6.45) is 1.74. The molecule has 0 radical (unpaired) electrons. The molecule has 2 rings (SSSR count). The molecule has 0 spiro atoms. The van der Waals surface area contributed by atoms with Crippen LogP contribution in [0.25, 0.3) is 0 Å². The summed E-state index contributed by atoms with van der Waals surface area (Å²) in [6, 6.07) is 5.63. The van der Waals surface area contributed by atoms with Gasteiger partial charge in [0.1, 0.15) is 5.75 Å². The van der Waals surface area contributed by atoms with Gasteiger partial charge in [-0.15, -0.1) is 11.3 Å². The molecular weight excluding hydrogens is 268 g/mol. The molecule has 2 aromatic rings. The maximum atomic E-state index is 9.80. The van der Waals surface area contributed by atoms with Crippen molar-refractivity contribution in [2.45, 2.75) is 26.3 Å². The van der Waals surface area contributed by atoms with E-state index in [9.17, 15) is 5.11 Å². The highest BCUT2D eigenvalue weighted by Gasteiger charge is 2.06. The van der Waals surface area contributed by atoms with Crippen molar-refractivity contribution in [3.05, 3.63) is 39.3 Å². The monoisotopic (exact) mass is 282 g/mol. The molecule has 1 aromatic heterocycles. The molecule has 3 nitrogen and oxygen atoms in total. The first-order valence-corrected chi connectivity index (χ1v) is 6.92. The van der Waals surface area contributed by atoms with Gasteiger partial charge >= 0.3 is 0 Å². The second-order valence-corrected chi connectivity index (χ2v) is 6.06. The summed E-state index contributed by atoms with van der Waals surface area (Å²) in [5, 5.41) is 13.0. The highest BCUT2D eigenvalue weighted by molar-refractivity contribution is 7.15. The summed E-state index contributed by atoms with van der Waals surface area (Å²) in [6.45, 7) is 4.86. The number of phenols is 1. The molecular formula is C13H15ClN2OS. The number of aromatic nitrogens is 1. The van der Waals surface area contributed by atoms with Crippen LogP contribution in [0, 0.1) is 0 Å². The number of hydrogen-bond donors (Lipinski definition) is 2. The van der Waals surface area contributed by atoms with Crippen LogP contribution in [-0.2, 0) is 6.54 Å². The Kier molecular flexibility index (Phi) is 4.09. The number of nitrogens with zero attached hydrogens (tertiary/aromatic N) is 1. The van der Waals surface area contributed by atoms with Crippen LogP contribution in [-0.4, -0.2) is 10.1 Å². The van der Waals surface area contributed by atoms with Crippen molar-refractivity contribution in [1.82, 2.24) is 4.98 Å². The molecule has 0 aliphatic rings. The lowest BCUT2D eigenvalue weighted by molar-refractivity contribution is 0.477. The number of thiazole rings is 1. The number of benzene rings is 1. The molecule has 1 heterocycles. The van der Waals surface area contributed by atoms with E-state index in [-0.39, 0.29) is 5.75 Å². The maximum Gasteiger partial charge on any atom is 0.183 e. The number of aromatic hydroxyl groups is 1. The van der Waals surface area contributed by atoms with Crippen LogP contribution in [0.1, 0.15) is 30.2 Å². The third kappa shape index (κ3) is 3.15. The number of halogens is 1. The Morgan fingerprint density at radius 3 is 2.83 bits per heavy atom. The molecule has 0 aliphatic heterocycles. The summed E-state index contributed by atoms with van der Waals surface area (Å²) >= 11 is 7.20. The first-order chi connectivity index (χ1) is 8.56. The average Bonchev–Trinajstić information content (AvgIpc) is 2.74. The zero-order valence-electron chi connectivity index (χ0n) is 10.3. The fourth-order valence-electron chi connectivity index (χ4n) is 1.60. The fraction of sp³-hybridized carbons (Fsp3) is 0.308. The molecule has 2 N–H and O–H groups in total. The molecule has 0 saturated carbocycles. The standard InChI is InChI=1S/C13H15ClN2OS/c1-8(2)9-3-4-12(17)11(5-9)15-6-10-7-16-13(14)18-10/h3-5,7-8,15,17H,6H2,1-2H3. The largest absolute Gasteiger partial charge is 0.506 e. The third-order valence-corrected chi connectivity index (χ3v) is 3.78. The van der Waals surface area contributed by atoms with Gasteiger partial charge in [0.15, 0.2) is 4.47 Å². The molecule has 5 heteroatoms. The minimum absolute atomic E-state index is 0.259. The van der Waals surface area contributed by atoms with E-state index in [0.717, 1.165) is 10.6 Å². The second-order valence-electron chi connectivity index (χ2n) is 4.36. The normalized spacial score (nSPS) is 10.9. The van der Waals surface area contributed by atoms with Gasteiger partial charge in [-0.05, 0) is 23.6 Å². The molecule has 0 unspecified atom stereocenters. The zero-order valence-corrected chi connectivity index (χ0v) is 11.8. The van der Waals surface area contributed by atoms with Gasteiger partial charge in [0.05, 0.1) is 12.2 Å². The molecule has 0 amide bonds. The van der Waals surface area contributed by atoms with Crippen molar-refractivity contribution >= 4 is 28.6 Å². The molecule has 0 aliphatic carbocycles. The van der Waals surface area contributed by atoms with Crippen molar-refractivity contribution < 1.29 is 5.11 Å². The molecule has 0 saturated heterocycles.